The van der Waals surface area contributed by atoms with Crippen LogP contribution in [0, 0.1) is 5.92 Å². The van der Waals surface area contributed by atoms with Crippen LogP contribution in [-0.2, 0) is 9.53 Å². The summed E-state index contributed by atoms with van der Waals surface area (Å²) in [5.74, 6) is -0.182. The Kier molecular flexibility index (Phi) is 3.72. The average Bonchev–Trinajstić information content (AvgIpc) is 2.04. The number of ether oxygens (including phenoxy) is 1. The van der Waals surface area contributed by atoms with Crippen molar-refractivity contribution >= 4 is 5.97 Å². The second-order valence-corrected chi connectivity index (χ2v) is 4.01. The molecule has 0 spiro atoms. The summed E-state index contributed by atoms with van der Waals surface area (Å²) < 4.78 is 5.42. The fourth-order valence-electron chi connectivity index (χ4n) is 1.85. The second-order valence-electron chi connectivity index (χ2n) is 4.01. The molecule has 0 aromatic rings. The van der Waals surface area contributed by atoms with Crippen LogP contribution in [0.4, 0.5) is 0 Å². The van der Waals surface area contributed by atoms with Crippen molar-refractivity contribution in [3.63, 3.8) is 0 Å². The lowest BCUT2D eigenvalue weighted by Crippen LogP contribution is -2.29. The van der Waals surface area contributed by atoms with Crippen LogP contribution in [0.1, 0.15) is 39.5 Å². The Morgan fingerprint density at radius 2 is 2.23 bits per heavy atom. The van der Waals surface area contributed by atoms with Gasteiger partial charge in [-0.1, -0.05) is 19.8 Å². The van der Waals surface area contributed by atoms with Gasteiger partial charge in [-0.15, -0.1) is 0 Å². The van der Waals surface area contributed by atoms with Gasteiger partial charge in [0.15, 0.2) is 6.10 Å². The molecule has 0 amide bonds. The first-order chi connectivity index (χ1) is 6.09. The van der Waals surface area contributed by atoms with E-state index in [1.165, 1.54) is 6.42 Å². The minimum absolute atomic E-state index is 0.162. The molecule has 0 aromatic carbocycles. The fourth-order valence-corrected chi connectivity index (χ4v) is 1.85. The highest BCUT2D eigenvalue weighted by Crippen LogP contribution is 2.26. The molecule has 1 saturated carbocycles. The van der Waals surface area contributed by atoms with Crippen LogP contribution in [-0.4, -0.2) is 23.3 Å². The van der Waals surface area contributed by atoms with Gasteiger partial charge in [0.2, 0.25) is 0 Å². The van der Waals surface area contributed by atoms with Crippen LogP contribution in [0.15, 0.2) is 0 Å². The molecule has 0 bridgehead atoms. The molecule has 3 nitrogen and oxygen atoms in total. The highest BCUT2D eigenvalue weighted by molar-refractivity contribution is 5.71. The molecule has 0 unspecified atom stereocenters. The van der Waals surface area contributed by atoms with Crippen LogP contribution in [0.3, 0.4) is 0 Å². The lowest BCUT2D eigenvalue weighted by Gasteiger charge is -2.28. The van der Waals surface area contributed by atoms with Crippen molar-refractivity contribution in [2.24, 2.45) is 5.92 Å². The lowest BCUT2D eigenvalue weighted by molar-refractivity contribution is -0.154. The normalized spacial score (nSPS) is 31.2. The average molecular weight is 186 g/mol. The molecule has 1 aliphatic carbocycles. The number of carboxylic acids is 1. The molecule has 1 aliphatic rings. The molecule has 3 atom stereocenters. The SMILES string of the molecule is C[C@@H]1CCC[C@H](O[C@H](C)C(=O)O)C1. The maximum atomic E-state index is 10.5. The van der Waals surface area contributed by atoms with Gasteiger partial charge in [-0.25, -0.2) is 4.79 Å². The van der Waals surface area contributed by atoms with Crippen molar-refractivity contribution in [2.45, 2.75) is 51.7 Å². The zero-order chi connectivity index (χ0) is 9.84. The van der Waals surface area contributed by atoms with E-state index in [1.807, 2.05) is 0 Å². The first-order valence-corrected chi connectivity index (χ1v) is 4.98. The predicted molar refractivity (Wildman–Crippen MR) is 49.6 cm³/mol. The van der Waals surface area contributed by atoms with Gasteiger partial charge in [0.25, 0.3) is 0 Å². The molecule has 0 radical (unpaired) electrons. The van der Waals surface area contributed by atoms with Crippen LogP contribution in [0.5, 0.6) is 0 Å². The van der Waals surface area contributed by atoms with Crippen molar-refractivity contribution in [1.29, 1.82) is 0 Å². The van der Waals surface area contributed by atoms with E-state index in [0.717, 1.165) is 19.3 Å². The van der Waals surface area contributed by atoms with Gasteiger partial charge in [-0.05, 0) is 25.7 Å². The Hall–Kier alpha value is -0.570. The molecule has 1 N–H and O–H groups in total. The monoisotopic (exact) mass is 186 g/mol. The first kappa shape index (κ1) is 10.5. The zero-order valence-corrected chi connectivity index (χ0v) is 8.32. The number of aliphatic carboxylic acids is 1. The molecular weight excluding hydrogens is 168 g/mol. The maximum absolute atomic E-state index is 10.5. The van der Waals surface area contributed by atoms with Crippen molar-refractivity contribution in [3.8, 4) is 0 Å². The number of rotatable bonds is 3. The summed E-state index contributed by atoms with van der Waals surface area (Å²) >= 11 is 0. The van der Waals surface area contributed by atoms with E-state index in [0.29, 0.717) is 5.92 Å². The standard InChI is InChI=1S/C10H18O3/c1-7-4-3-5-9(6-7)13-8(2)10(11)12/h7-9H,3-6H2,1-2H3,(H,11,12)/t7-,8-,9+/m1/s1. The topological polar surface area (TPSA) is 46.5 Å². The molecule has 0 aliphatic heterocycles. The minimum atomic E-state index is -0.863. The third-order valence-corrected chi connectivity index (χ3v) is 2.63. The lowest BCUT2D eigenvalue weighted by atomic mass is 9.88. The van der Waals surface area contributed by atoms with Gasteiger partial charge in [0.05, 0.1) is 6.10 Å². The molecule has 3 heteroatoms. The molecule has 76 valence electrons. The molecular formula is C10H18O3. The van der Waals surface area contributed by atoms with Gasteiger partial charge in [0, 0.05) is 0 Å². The molecule has 1 fully saturated rings. The molecule has 1 rings (SSSR count). The third-order valence-electron chi connectivity index (χ3n) is 2.63. The van der Waals surface area contributed by atoms with Crippen molar-refractivity contribution < 1.29 is 14.6 Å². The van der Waals surface area contributed by atoms with Gasteiger partial charge in [-0.3, -0.25) is 0 Å². The van der Waals surface area contributed by atoms with E-state index in [2.05, 4.69) is 6.92 Å². The summed E-state index contributed by atoms with van der Waals surface area (Å²) in [6.07, 6.45) is 3.95. The quantitative estimate of drug-likeness (QED) is 0.733. The van der Waals surface area contributed by atoms with Crippen molar-refractivity contribution in [2.75, 3.05) is 0 Å². The largest absolute Gasteiger partial charge is 0.479 e. The number of carbonyl (C=O) groups is 1. The highest BCUT2D eigenvalue weighted by Gasteiger charge is 2.23. The fraction of sp³-hybridized carbons (Fsp3) is 0.900. The van der Waals surface area contributed by atoms with Gasteiger partial charge >= 0.3 is 5.97 Å². The Morgan fingerprint density at radius 3 is 2.77 bits per heavy atom. The van der Waals surface area contributed by atoms with Crippen molar-refractivity contribution in [1.82, 2.24) is 0 Å². The number of hydrogen-bond acceptors (Lipinski definition) is 2. The maximum Gasteiger partial charge on any atom is 0.332 e. The predicted octanol–water partition coefficient (Wildman–Crippen LogP) is 2.05. The number of carboxylic acid groups (broad SMARTS) is 1. The van der Waals surface area contributed by atoms with Crippen molar-refractivity contribution in [3.05, 3.63) is 0 Å². The zero-order valence-electron chi connectivity index (χ0n) is 8.32. The summed E-state index contributed by atoms with van der Waals surface area (Å²) in [5.41, 5.74) is 0. The minimum Gasteiger partial charge on any atom is -0.479 e. The van der Waals surface area contributed by atoms with Gasteiger partial charge in [0.1, 0.15) is 0 Å². The molecule has 0 heterocycles. The van der Waals surface area contributed by atoms with E-state index in [1.54, 1.807) is 6.92 Å². The second kappa shape index (κ2) is 4.61. The molecule has 13 heavy (non-hydrogen) atoms. The van der Waals surface area contributed by atoms with E-state index >= 15 is 0 Å². The van der Waals surface area contributed by atoms with Gasteiger partial charge < -0.3 is 9.84 Å². The van der Waals surface area contributed by atoms with E-state index < -0.39 is 12.1 Å². The highest BCUT2D eigenvalue weighted by atomic mass is 16.5. The summed E-state index contributed by atoms with van der Waals surface area (Å²) in [6, 6.07) is 0. The molecule has 0 saturated heterocycles. The Morgan fingerprint density at radius 1 is 1.54 bits per heavy atom. The van der Waals surface area contributed by atoms with Crippen LogP contribution >= 0.6 is 0 Å². The van der Waals surface area contributed by atoms with E-state index in [4.69, 9.17) is 9.84 Å². The first-order valence-electron chi connectivity index (χ1n) is 4.98. The Labute approximate surface area is 79.1 Å². The van der Waals surface area contributed by atoms with E-state index in [9.17, 15) is 4.79 Å². The number of hydrogen-bond donors (Lipinski definition) is 1. The third kappa shape index (κ3) is 3.35. The van der Waals surface area contributed by atoms with Gasteiger partial charge in [-0.2, -0.15) is 0 Å². The van der Waals surface area contributed by atoms with Crippen LogP contribution < -0.4 is 0 Å². The summed E-state index contributed by atoms with van der Waals surface area (Å²) in [5, 5.41) is 8.65. The van der Waals surface area contributed by atoms with E-state index in [-0.39, 0.29) is 6.10 Å². The molecule has 0 aromatic heterocycles. The van der Waals surface area contributed by atoms with Crippen LogP contribution in [0.25, 0.3) is 0 Å². The summed E-state index contributed by atoms with van der Waals surface area (Å²) in [7, 11) is 0. The Balaban J connectivity index is 2.31. The summed E-state index contributed by atoms with van der Waals surface area (Å²) in [6.45, 7) is 3.79. The smallest absolute Gasteiger partial charge is 0.332 e. The van der Waals surface area contributed by atoms with Crippen LogP contribution in [0.2, 0.25) is 0 Å². The Bertz CT molecular complexity index is 179. The summed E-state index contributed by atoms with van der Waals surface area (Å²) in [4.78, 5) is 10.5.